The molecular formula is C20H25N7O2. The molecular weight excluding hydrogens is 370 g/mol. The number of fused-ring (bicyclic) bond motifs is 3. The molecule has 1 aliphatic heterocycles. The van der Waals surface area contributed by atoms with E-state index in [2.05, 4.69) is 37.3 Å². The number of nitrogens with one attached hydrogen (secondary N) is 2. The lowest BCUT2D eigenvalue weighted by Crippen LogP contribution is -2.33. The highest BCUT2D eigenvalue weighted by Gasteiger charge is 2.19. The summed E-state index contributed by atoms with van der Waals surface area (Å²) >= 11 is 0. The van der Waals surface area contributed by atoms with Gasteiger partial charge in [0, 0.05) is 43.5 Å². The minimum absolute atomic E-state index is 0.201. The lowest BCUT2D eigenvalue weighted by molar-refractivity contribution is 0.100. The van der Waals surface area contributed by atoms with E-state index in [1.165, 1.54) is 11.9 Å². The third-order valence-corrected chi connectivity index (χ3v) is 5.03. The average Bonchev–Trinajstić information content (AvgIpc) is 3.28. The first-order valence-electron chi connectivity index (χ1n) is 9.60. The molecule has 6 N–H and O–H groups in total. The molecule has 0 bridgehead atoms. The molecule has 0 saturated carbocycles. The van der Waals surface area contributed by atoms with Crippen molar-refractivity contribution in [3.05, 3.63) is 41.7 Å². The predicted molar refractivity (Wildman–Crippen MR) is 112 cm³/mol. The zero-order valence-corrected chi connectivity index (χ0v) is 16.3. The van der Waals surface area contributed by atoms with Crippen molar-refractivity contribution in [2.75, 3.05) is 30.9 Å². The number of rotatable bonds is 8. The van der Waals surface area contributed by atoms with E-state index < -0.39 is 5.91 Å². The highest BCUT2D eigenvalue weighted by atomic mass is 16.5. The van der Waals surface area contributed by atoms with Gasteiger partial charge in [-0.2, -0.15) is 4.98 Å². The number of methoxy groups -OCH3 is 1. The molecule has 1 aromatic carbocycles. The van der Waals surface area contributed by atoms with Crippen molar-refractivity contribution in [3.8, 4) is 0 Å². The zero-order chi connectivity index (χ0) is 20.4. The van der Waals surface area contributed by atoms with Gasteiger partial charge in [0.1, 0.15) is 11.4 Å². The quantitative estimate of drug-likeness (QED) is 0.455. The van der Waals surface area contributed by atoms with Crippen LogP contribution < -0.4 is 22.1 Å². The molecule has 0 aliphatic carbocycles. The standard InChI is InChI=1S/C20H25N7O2/c1-29-11-13(21)9-23-20-24-10-15(18(22)28)19(26-20)25-16-6-2-4-12-8-14-5-3-7-27(14)17(12)16/h2,4,6,8,10,13H,3,5,7,9,11,21H2,1H3,(H2,22,28)(H2,23,24,25,26). The Morgan fingerprint density at radius 2 is 2.28 bits per heavy atom. The lowest BCUT2D eigenvalue weighted by atomic mass is 10.2. The summed E-state index contributed by atoms with van der Waals surface area (Å²) in [5, 5.41) is 7.52. The van der Waals surface area contributed by atoms with Crippen molar-refractivity contribution in [2.24, 2.45) is 11.5 Å². The van der Waals surface area contributed by atoms with Gasteiger partial charge in [0.15, 0.2) is 0 Å². The van der Waals surface area contributed by atoms with Gasteiger partial charge in [-0.05, 0) is 25.0 Å². The minimum atomic E-state index is -0.595. The van der Waals surface area contributed by atoms with Crippen molar-refractivity contribution in [1.82, 2.24) is 14.5 Å². The van der Waals surface area contributed by atoms with Crippen LogP contribution in [0.3, 0.4) is 0 Å². The lowest BCUT2D eigenvalue weighted by Gasteiger charge is -2.15. The summed E-state index contributed by atoms with van der Waals surface area (Å²) in [6, 6.07) is 8.06. The largest absolute Gasteiger partial charge is 0.383 e. The van der Waals surface area contributed by atoms with Crippen molar-refractivity contribution < 1.29 is 9.53 Å². The molecule has 1 unspecified atom stereocenters. The number of carbonyl (C=O) groups is 1. The van der Waals surface area contributed by atoms with Crippen LogP contribution in [-0.2, 0) is 17.7 Å². The van der Waals surface area contributed by atoms with E-state index in [4.69, 9.17) is 16.2 Å². The molecule has 152 valence electrons. The number of aromatic nitrogens is 3. The van der Waals surface area contributed by atoms with Crippen molar-refractivity contribution >= 4 is 34.3 Å². The SMILES string of the molecule is COCC(N)CNc1ncc(C(N)=O)c(Nc2cccc3cc4n(c23)CCC4)n1. The van der Waals surface area contributed by atoms with Gasteiger partial charge < -0.3 is 31.4 Å². The Morgan fingerprint density at radius 1 is 1.41 bits per heavy atom. The third kappa shape index (κ3) is 3.87. The fraction of sp³-hybridized carbons (Fsp3) is 0.350. The molecule has 0 spiro atoms. The van der Waals surface area contributed by atoms with Gasteiger partial charge in [0.25, 0.3) is 5.91 Å². The van der Waals surface area contributed by atoms with Crippen LogP contribution in [0.15, 0.2) is 30.5 Å². The number of nitrogens with two attached hydrogens (primary N) is 2. The van der Waals surface area contributed by atoms with E-state index in [0.29, 0.717) is 24.9 Å². The van der Waals surface area contributed by atoms with E-state index in [0.717, 1.165) is 36.0 Å². The number of aryl methyl sites for hydroxylation is 2. The second-order valence-corrected chi connectivity index (χ2v) is 7.18. The van der Waals surface area contributed by atoms with Crippen molar-refractivity contribution in [2.45, 2.75) is 25.4 Å². The molecule has 9 nitrogen and oxygen atoms in total. The molecule has 0 saturated heterocycles. The number of ether oxygens (including phenoxy) is 1. The number of hydrogen-bond acceptors (Lipinski definition) is 7. The highest BCUT2D eigenvalue weighted by Crippen LogP contribution is 2.33. The highest BCUT2D eigenvalue weighted by molar-refractivity contribution is 6.00. The van der Waals surface area contributed by atoms with Crippen LogP contribution in [0.25, 0.3) is 10.9 Å². The van der Waals surface area contributed by atoms with Crippen LogP contribution in [-0.4, -0.2) is 46.7 Å². The Balaban J connectivity index is 1.66. The molecule has 1 amide bonds. The molecule has 1 aliphatic rings. The fourth-order valence-electron chi connectivity index (χ4n) is 3.73. The molecule has 3 aromatic rings. The van der Waals surface area contributed by atoms with Gasteiger partial charge in [-0.25, -0.2) is 4.98 Å². The van der Waals surface area contributed by atoms with Crippen LogP contribution in [0.5, 0.6) is 0 Å². The number of para-hydroxylation sites is 1. The minimum Gasteiger partial charge on any atom is -0.383 e. The van der Waals surface area contributed by atoms with Gasteiger partial charge in [0.05, 0.1) is 17.8 Å². The van der Waals surface area contributed by atoms with Gasteiger partial charge >= 0.3 is 0 Å². The number of carbonyl (C=O) groups excluding carboxylic acids is 1. The average molecular weight is 395 g/mol. The molecule has 0 radical (unpaired) electrons. The topological polar surface area (TPSA) is 133 Å². The maximum Gasteiger partial charge on any atom is 0.254 e. The second kappa shape index (κ2) is 8.06. The van der Waals surface area contributed by atoms with E-state index in [-0.39, 0.29) is 11.6 Å². The van der Waals surface area contributed by atoms with Crippen molar-refractivity contribution in [3.63, 3.8) is 0 Å². The van der Waals surface area contributed by atoms with Gasteiger partial charge in [-0.1, -0.05) is 12.1 Å². The molecule has 4 rings (SSSR count). The van der Waals surface area contributed by atoms with Crippen LogP contribution in [0, 0.1) is 0 Å². The maximum absolute atomic E-state index is 11.9. The molecule has 0 fully saturated rings. The van der Waals surface area contributed by atoms with Crippen LogP contribution in [0.1, 0.15) is 22.5 Å². The van der Waals surface area contributed by atoms with E-state index in [1.807, 2.05) is 12.1 Å². The van der Waals surface area contributed by atoms with Crippen LogP contribution in [0.4, 0.5) is 17.5 Å². The van der Waals surface area contributed by atoms with Gasteiger partial charge in [0.2, 0.25) is 5.95 Å². The molecule has 1 atom stereocenters. The Bertz CT molecular complexity index is 1050. The zero-order valence-electron chi connectivity index (χ0n) is 16.3. The number of anilines is 3. The monoisotopic (exact) mass is 395 g/mol. The number of hydrogen-bond donors (Lipinski definition) is 4. The smallest absolute Gasteiger partial charge is 0.254 e. The van der Waals surface area contributed by atoms with Gasteiger partial charge in [-0.3, -0.25) is 4.79 Å². The summed E-state index contributed by atoms with van der Waals surface area (Å²) < 4.78 is 7.34. The predicted octanol–water partition coefficient (Wildman–Crippen LogP) is 1.61. The van der Waals surface area contributed by atoms with Crippen LogP contribution in [0.2, 0.25) is 0 Å². The summed E-state index contributed by atoms with van der Waals surface area (Å²) in [7, 11) is 1.60. The molecule has 29 heavy (non-hydrogen) atoms. The van der Waals surface area contributed by atoms with E-state index in [1.54, 1.807) is 7.11 Å². The Labute approximate surface area is 168 Å². The van der Waals surface area contributed by atoms with E-state index in [9.17, 15) is 4.79 Å². The number of primary amides is 1. The van der Waals surface area contributed by atoms with Crippen LogP contribution >= 0.6 is 0 Å². The Kier molecular flexibility index (Phi) is 5.32. The molecule has 9 heteroatoms. The first-order chi connectivity index (χ1) is 14.1. The Morgan fingerprint density at radius 3 is 3.07 bits per heavy atom. The summed E-state index contributed by atoms with van der Waals surface area (Å²) in [6.07, 6.45) is 3.63. The molecule has 3 heterocycles. The number of benzene rings is 1. The second-order valence-electron chi connectivity index (χ2n) is 7.18. The maximum atomic E-state index is 11.9. The number of nitrogens with zero attached hydrogens (tertiary/aromatic N) is 3. The van der Waals surface area contributed by atoms with Crippen molar-refractivity contribution in [1.29, 1.82) is 0 Å². The number of amides is 1. The van der Waals surface area contributed by atoms with Gasteiger partial charge in [-0.15, -0.1) is 0 Å². The molecule has 2 aromatic heterocycles. The first-order valence-corrected chi connectivity index (χ1v) is 9.60. The summed E-state index contributed by atoms with van der Waals surface area (Å²) in [6.45, 7) is 1.83. The normalized spacial score (nSPS) is 14.0. The first kappa shape index (κ1) is 19.2. The fourth-order valence-corrected chi connectivity index (χ4v) is 3.73. The summed E-state index contributed by atoms with van der Waals surface area (Å²) in [4.78, 5) is 20.6. The van der Waals surface area contributed by atoms with E-state index >= 15 is 0 Å². The third-order valence-electron chi connectivity index (χ3n) is 5.03. The summed E-state index contributed by atoms with van der Waals surface area (Å²) in [5.41, 5.74) is 15.0. The summed E-state index contributed by atoms with van der Waals surface area (Å²) in [5.74, 6) is 0.121. The Hall–Kier alpha value is -3.17.